The SMILES string of the molecule is Cc1cccc2c1nc(CCl)n2Cc1cscn1. The molecular formula is C13H12ClN3S. The largest absolute Gasteiger partial charge is 0.321 e. The van der Waals surface area contributed by atoms with Gasteiger partial charge in [-0.05, 0) is 18.6 Å². The van der Waals surface area contributed by atoms with Crippen molar-refractivity contribution in [2.45, 2.75) is 19.3 Å². The Bertz CT molecular complexity index is 673. The quantitative estimate of drug-likeness (QED) is 0.685. The molecule has 0 saturated carbocycles. The molecule has 0 aliphatic rings. The Morgan fingerprint density at radius 1 is 1.39 bits per heavy atom. The predicted octanol–water partition coefficient (Wildman–Crippen LogP) is 3.59. The van der Waals surface area contributed by atoms with Gasteiger partial charge in [-0.15, -0.1) is 22.9 Å². The van der Waals surface area contributed by atoms with Gasteiger partial charge < -0.3 is 4.57 Å². The van der Waals surface area contributed by atoms with E-state index in [0.717, 1.165) is 29.1 Å². The number of nitrogens with zero attached hydrogens (tertiary/aromatic N) is 3. The lowest BCUT2D eigenvalue weighted by molar-refractivity contribution is 0.763. The van der Waals surface area contributed by atoms with Crippen molar-refractivity contribution < 1.29 is 0 Å². The van der Waals surface area contributed by atoms with Crippen LogP contribution in [0.15, 0.2) is 29.1 Å². The van der Waals surface area contributed by atoms with Crippen molar-refractivity contribution in [2.24, 2.45) is 0 Å². The zero-order valence-electron chi connectivity index (χ0n) is 9.93. The normalized spacial score (nSPS) is 11.2. The van der Waals surface area contributed by atoms with E-state index in [1.165, 1.54) is 5.56 Å². The first-order valence-corrected chi connectivity index (χ1v) is 7.15. The van der Waals surface area contributed by atoms with E-state index >= 15 is 0 Å². The Hall–Kier alpha value is -1.39. The third kappa shape index (κ3) is 1.91. The minimum Gasteiger partial charge on any atom is -0.321 e. The lowest BCUT2D eigenvalue weighted by atomic mass is 10.2. The molecule has 3 rings (SSSR count). The summed E-state index contributed by atoms with van der Waals surface area (Å²) in [6, 6.07) is 6.20. The number of alkyl halides is 1. The molecule has 2 heterocycles. The highest BCUT2D eigenvalue weighted by Gasteiger charge is 2.12. The maximum atomic E-state index is 5.99. The van der Waals surface area contributed by atoms with Crippen LogP contribution in [0, 0.1) is 6.92 Å². The molecule has 0 saturated heterocycles. The van der Waals surface area contributed by atoms with Gasteiger partial charge in [-0.2, -0.15) is 0 Å². The number of rotatable bonds is 3. The number of halogens is 1. The fourth-order valence-corrected chi connectivity index (χ4v) is 2.84. The molecule has 0 spiro atoms. The van der Waals surface area contributed by atoms with E-state index in [1.807, 2.05) is 5.51 Å². The van der Waals surface area contributed by atoms with Crippen LogP contribution >= 0.6 is 22.9 Å². The molecule has 92 valence electrons. The van der Waals surface area contributed by atoms with Gasteiger partial charge in [0, 0.05) is 5.38 Å². The van der Waals surface area contributed by atoms with Crippen molar-refractivity contribution >= 4 is 34.0 Å². The molecule has 0 amide bonds. The Kier molecular flexibility index (Phi) is 3.06. The number of benzene rings is 1. The summed E-state index contributed by atoms with van der Waals surface area (Å²) in [6.45, 7) is 2.80. The first kappa shape index (κ1) is 11.7. The third-order valence-electron chi connectivity index (χ3n) is 2.98. The highest BCUT2D eigenvalue weighted by molar-refractivity contribution is 7.07. The zero-order chi connectivity index (χ0) is 12.5. The number of aromatic nitrogens is 3. The Morgan fingerprint density at radius 3 is 3.00 bits per heavy atom. The average Bonchev–Trinajstić information content (AvgIpc) is 2.99. The van der Waals surface area contributed by atoms with E-state index in [-0.39, 0.29) is 0 Å². The molecule has 2 aromatic heterocycles. The number of hydrogen-bond donors (Lipinski definition) is 0. The number of thiazole rings is 1. The van der Waals surface area contributed by atoms with Crippen LogP contribution in [0.25, 0.3) is 11.0 Å². The summed E-state index contributed by atoms with van der Waals surface area (Å²) in [6.07, 6.45) is 0. The van der Waals surface area contributed by atoms with Gasteiger partial charge in [-0.3, -0.25) is 0 Å². The van der Waals surface area contributed by atoms with Gasteiger partial charge in [0.05, 0.1) is 34.7 Å². The number of hydrogen-bond acceptors (Lipinski definition) is 3. The summed E-state index contributed by atoms with van der Waals surface area (Å²) < 4.78 is 2.14. The second-order valence-corrected chi connectivity index (χ2v) is 5.16. The van der Waals surface area contributed by atoms with Crippen molar-refractivity contribution in [3.05, 3.63) is 46.2 Å². The van der Waals surface area contributed by atoms with Gasteiger partial charge in [-0.25, -0.2) is 9.97 Å². The van der Waals surface area contributed by atoms with Crippen LogP contribution in [0.1, 0.15) is 17.1 Å². The Balaban J connectivity index is 2.17. The molecule has 3 aromatic rings. The fourth-order valence-electron chi connectivity index (χ4n) is 2.09. The lowest BCUT2D eigenvalue weighted by Crippen LogP contribution is -2.03. The summed E-state index contributed by atoms with van der Waals surface area (Å²) >= 11 is 7.60. The number of fused-ring (bicyclic) bond motifs is 1. The van der Waals surface area contributed by atoms with E-state index in [1.54, 1.807) is 11.3 Å². The van der Waals surface area contributed by atoms with Crippen LogP contribution in [0.4, 0.5) is 0 Å². The summed E-state index contributed by atoms with van der Waals surface area (Å²) in [5.74, 6) is 1.31. The van der Waals surface area contributed by atoms with Gasteiger partial charge in [0.15, 0.2) is 0 Å². The standard InChI is InChI=1S/C13H12ClN3S/c1-9-3-2-4-11-13(9)16-12(5-14)17(11)6-10-7-18-8-15-10/h2-4,7-8H,5-6H2,1H3. The molecule has 0 fully saturated rings. The molecule has 18 heavy (non-hydrogen) atoms. The van der Waals surface area contributed by atoms with E-state index in [4.69, 9.17) is 11.6 Å². The molecule has 0 unspecified atom stereocenters. The molecule has 0 atom stereocenters. The molecule has 0 aliphatic carbocycles. The maximum Gasteiger partial charge on any atom is 0.125 e. The van der Waals surface area contributed by atoms with Crippen LogP contribution in [-0.4, -0.2) is 14.5 Å². The topological polar surface area (TPSA) is 30.7 Å². The van der Waals surface area contributed by atoms with E-state index in [9.17, 15) is 0 Å². The number of para-hydroxylation sites is 1. The molecule has 0 radical (unpaired) electrons. The first-order chi connectivity index (χ1) is 8.79. The second kappa shape index (κ2) is 4.71. The lowest BCUT2D eigenvalue weighted by Gasteiger charge is -2.05. The summed E-state index contributed by atoms with van der Waals surface area (Å²) in [5.41, 5.74) is 6.23. The zero-order valence-corrected chi connectivity index (χ0v) is 11.5. The van der Waals surface area contributed by atoms with Crippen LogP contribution in [0.2, 0.25) is 0 Å². The molecule has 1 aromatic carbocycles. The summed E-state index contributed by atoms with van der Waals surface area (Å²) in [5, 5.41) is 2.06. The van der Waals surface area contributed by atoms with Gasteiger partial charge in [0.25, 0.3) is 0 Å². The molecular weight excluding hydrogens is 266 g/mol. The van der Waals surface area contributed by atoms with Crippen LogP contribution in [-0.2, 0) is 12.4 Å². The van der Waals surface area contributed by atoms with Crippen molar-refractivity contribution in [1.82, 2.24) is 14.5 Å². The van der Waals surface area contributed by atoms with E-state index in [0.29, 0.717) is 5.88 Å². The van der Waals surface area contributed by atoms with Crippen molar-refractivity contribution in [3.63, 3.8) is 0 Å². The molecule has 0 bridgehead atoms. The molecule has 0 N–H and O–H groups in total. The van der Waals surface area contributed by atoms with Gasteiger partial charge >= 0.3 is 0 Å². The third-order valence-corrected chi connectivity index (χ3v) is 3.86. The monoisotopic (exact) mass is 277 g/mol. The summed E-state index contributed by atoms with van der Waals surface area (Å²) in [7, 11) is 0. The minimum atomic E-state index is 0.415. The molecule has 3 nitrogen and oxygen atoms in total. The van der Waals surface area contributed by atoms with E-state index in [2.05, 4.69) is 45.0 Å². The van der Waals surface area contributed by atoms with Crippen molar-refractivity contribution in [2.75, 3.05) is 0 Å². The smallest absolute Gasteiger partial charge is 0.125 e. The van der Waals surface area contributed by atoms with Crippen LogP contribution < -0.4 is 0 Å². The van der Waals surface area contributed by atoms with Gasteiger partial charge in [0.1, 0.15) is 5.82 Å². The molecule has 0 aliphatic heterocycles. The first-order valence-electron chi connectivity index (χ1n) is 5.67. The van der Waals surface area contributed by atoms with Crippen molar-refractivity contribution in [3.8, 4) is 0 Å². The Labute approximate surface area is 114 Å². The number of aryl methyl sites for hydroxylation is 1. The molecule has 5 heteroatoms. The van der Waals surface area contributed by atoms with Crippen LogP contribution in [0.3, 0.4) is 0 Å². The average molecular weight is 278 g/mol. The highest BCUT2D eigenvalue weighted by atomic mass is 35.5. The van der Waals surface area contributed by atoms with Crippen molar-refractivity contribution in [1.29, 1.82) is 0 Å². The summed E-state index contributed by atoms with van der Waals surface area (Å²) in [4.78, 5) is 8.94. The Morgan fingerprint density at radius 2 is 2.28 bits per heavy atom. The van der Waals surface area contributed by atoms with E-state index < -0.39 is 0 Å². The maximum absolute atomic E-state index is 5.99. The van der Waals surface area contributed by atoms with Crippen LogP contribution in [0.5, 0.6) is 0 Å². The highest BCUT2D eigenvalue weighted by Crippen LogP contribution is 2.22. The number of imidazole rings is 1. The predicted molar refractivity (Wildman–Crippen MR) is 75.2 cm³/mol. The minimum absolute atomic E-state index is 0.415. The fraction of sp³-hybridized carbons (Fsp3) is 0.231. The second-order valence-electron chi connectivity index (χ2n) is 4.17. The van der Waals surface area contributed by atoms with Gasteiger partial charge in [-0.1, -0.05) is 12.1 Å². The van der Waals surface area contributed by atoms with Gasteiger partial charge in [0.2, 0.25) is 0 Å².